The Kier molecular flexibility index (Phi) is 9.41. The molecule has 1 aromatic carbocycles. The number of rotatable bonds is 11. The molecule has 44 heavy (non-hydrogen) atoms. The van der Waals surface area contributed by atoms with Crippen LogP contribution in [0.5, 0.6) is 0 Å². The summed E-state index contributed by atoms with van der Waals surface area (Å²) in [6.07, 6.45) is 0. The third kappa shape index (κ3) is 5.32. The molecule has 0 aliphatic heterocycles. The molecule has 22 heteroatoms. The second kappa shape index (κ2) is 11.1. The summed E-state index contributed by atoms with van der Waals surface area (Å²) in [6, 6.07) is 5.49. The number of nitrogens with one attached hydrogen (secondary N) is 1. The van der Waals surface area contributed by atoms with Crippen LogP contribution in [0.2, 0.25) is 0 Å². The Balaban J connectivity index is 2.60. The summed E-state index contributed by atoms with van der Waals surface area (Å²) in [5, 5.41) is -6.39. The van der Waals surface area contributed by atoms with E-state index < -0.39 is 69.3 Å². The second-order valence-corrected chi connectivity index (χ2v) is 10.0. The molecule has 0 fully saturated rings. The highest BCUT2D eigenvalue weighted by Gasteiger charge is 2.95. The van der Waals surface area contributed by atoms with Crippen molar-refractivity contribution < 1.29 is 84.6 Å². The van der Waals surface area contributed by atoms with Crippen LogP contribution in [0.3, 0.4) is 0 Å². The van der Waals surface area contributed by atoms with Gasteiger partial charge in [-0.15, -0.1) is 11.3 Å². The van der Waals surface area contributed by atoms with Crippen molar-refractivity contribution in [1.29, 1.82) is 0 Å². The van der Waals surface area contributed by atoms with E-state index in [1.54, 1.807) is 6.92 Å². The van der Waals surface area contributed by atoms with Crippen LogP contribution >= 0.6 is 22.9 Å². The summed E-state index contributed by atoms with van der Waals surface area (Å²) in [6.45, 7) is 1.60. The van der Waals surface area contributed by atoms with Crippen molar-refractivity contribution in [2.24, 2.45) is 0 Å². The maximum absolute atomic E-state index is 14.4. The number of thiophene rings is 1. The largest absolute Gasteiger partial charge is 0.465 e. The minimum atomic E-state index is -8.72. The normalized spacial score (nSPS) is 14.4. The maximum Gasteiger partial charge on any atom is 0.393 e. The van der Waals surface area contributed by atoms with Gasteiger partial charge in [0, 0.05) is 10.9 Å². The predicted molar refractivity (Wildman–Crippen MR) is 120 cm³/mol. The van der Waals surface area contributed by atoms with Gasteiger partial charge in [0.15, 0.2) is 0 Å². The average molecular weight is 710 g/mol. The van der Waals surface area contributed by atoms with Gasteiger partial charge in [0.1, 0.15) is 10.6 Å². The number of alkyl halides is 17. The van der Waals surface area contributed by atoms with Crippen molar-refractivity contribution in [3.8, 4) is 11.1 Å². The van der Waals surface area contributed by atoms with Crippen LogP contribution in [-0.4, -0.2) is 65.8 Å². The van der Waals surface area contributed by atoms with Crippen LogP contribution in [-0.2, 0) is 9.53 Å². The zero-order valence-electron chi connectivity index (χ0n) is 20.9. The van der Waals surface area contributed by atoms with Gasteiger partial charge in [0.05, 0.1) is 7.11 Å². The molecule has 1 N–H and O–H groups in total. The van der Waals surface area contributed by atoms with Crippen LogP contribution in [0, 0.1) is 6.92 Å². The predicted octanol–water partition coefficient (Wildman–Crippen LogP) is 8.73. The Labute approximate surface area is 242 Å². The fourth-order valence-electron chi connectivity index (χ4n) is 3.19. The smallest absolute Gasteiger partial charge is 0.393 e. The highest BCUT2D eigenvalue weighted by Crippen LogP contribution is 2.64. The molecule has 0 aliphatic rings. The molecule has 1 aromatic heterocycles. The lowest BCUT2D eigenvalue weighted by molar-refractivity contribution is -0.445. The number of aryl methyl sites for hydroxylation is 1. The van der Waals surface area contributed by atoms with Crippen molar-refractivity contribution in [3.63, 3.8) is 0 Å². The second-order valence-electron chi connectivity index (χ2n) is 8.68. The van der Waals surface area contributed by atoms with E-state index in [1.165, 1.54) is 24.3 Å². The van der Waals surface area contributed by atoms with Gasteiger partial charge in [0.2, 0.25) is 0 Å². The Morgan fingerprint density at radius 2 is 1.11 bits per heavy atom. The summed E-state index contributed by atoms with van der Waals surface area (Å²) in [7, 11) is 0.690. The lowest BCUT2D eigenvalue weighted by Crippen LogP contribution is -2.75. The Morgan fingerprint density at radius 3 is 1.52 bits per heavy atom. The highest BCUT2D eigenvalue weighted by molar-refractivity contribution is 7.15. The van der Waals surface area contributed by atoms with Crippen LogP contribution in [0.4, 0.5) is 75.2 Å². The number of ether oxygens (including phenoxy) is 1. The quantitative estimate of drug-likeness (QED) is 0.144. The SMILES string of the molecule is COC(=O)c1c(-c2ccc(C)cc2)csc1NC(=O)C(F)(F)C(F)(F)C(F)(F)C(F)(F)C(F)(F)C(F)(F)C(F)(F)C(F)(F)Cl. The number of halogens is 17. The lowest BCUT2D eigenvalue weighted by atomic mass is 9.89. The van der Waals surface area contributed by atoms with Gasteiger partial charge in [-0.3, -0.25) is 4.79 Å². The van der Waals surface area contributed by atoms with Gasteiger partial charge in [-0.05, 0) is 24.1 Å². The molecule has 0 unspecified atom stereocenters. The van der Waals surface area contributed by atoms with Crippen molar-refractivity contribution in [1.82, 2.24) is 0 Å². The highest BCUT2D eigenvalue weighted by atomic mass is 35.5. The van der Waals surface area contributed by atoms with E-state index in [2.05, 4.69) is 16.3 Å². The molecule has 0 radical (unpaired) electrons. The molecule has 0 bridgehead atoms. The summed E-state index contributed by atoms with van der Waals surface area (Å²) < 4.78 is 224. The first-order valence-corrected chi connectivity index (χ1v) is 12.0. The number of hydrogen-bond donors (Lipinski definition) is 1. The molecule has 0 aliphatic carbocycles. The van der Waals surface area contributed by atoms with E-state index in [0.717, 1.165) is 10.7 Å². The first-order chi connectivity index (χ1) is 19.5. The number of amides is 1. The molecule has 0 spiro atoms. The minimum Gasteiger partial charge on any atom is -0.465 e. The fraction of sp³-hybridized carbons (Fsp3) is 0.455. The Morgan fingerprint density at radius 1 is 0.705 bits per heavy atom. The van der Waals surface area contributed by atoms with Crippen molar-refractivity contribution in [2.45, 2.75) is 53.8 Å². The summed E-state index contributed by atoms with van der Waals surface area (Å²) in [5.74, 6) is -62.9. The average Bonchev–Trinajstić information content (AvgIpc) is 3.30. The molecule has 1 amide bonds. The van der Waals surface area contributed by atoms with Gasteiger partial charge < -0.3 is 10.1 Å². The maximum atomic E-state index is 14.4. The van der Waals surface area contributed by atoms with Gasteiger partial charge in [-0.25, -0.2) is 4.79 Å². The summed E-state index contributed by atoms with van der Waals surface area (Å²) in [4.78, 5) is 24.2. The number of carbonyl (C=O) groups excluding carboxylic acids is 2. The first kappa shape index (κ1) is 37.2. The van der Waals surface area contributed by atoms with E-state index in [1.807, 2.05) is 0 Å². The van der Waals surface area contributed by atoms with Crippen molar-refractivity contribution in [2.75, 3.05) is 12.4 Å². The minimum absolute atomic E-state index is 0.0670. The molecule has 2 aromatic rings. The standard InChI is InChI=1S/C22H12ClF16NO3S/c1-8-3-5-9(6-4-8)10-7-44-12(11(10)13(41)43-2)40-14(42)15(24,25)16(26,27)17(28,29)18(30,31)19(32,33)20(34,35)21(36,37)22(23,38)39/h3-7H,1-2H3,(H,40,42). The summed E-state index contributed by atoms with van der Waals surface area (Å²) >= 11 is 3.54. The summed E-state index contributed by atoms with van der Waals surface area (Å²) in [5.41, 5.74) is -0.442. The monoisotopic (exact) mass is 709 g/mol. The number of benzene rings is 1. The van der Waals surface area contributed by atoms with Gasteiger partial charge >= 0.3 is 58.7 Å². The van der Waals surface area contributed by atoms with Crippen molar-refractivity contribution in [3.05, 3.63) is 40.8 Å². The Hall–Kier alpha value is -2.97. The molecule has 248 valence electrons. The van der Waals surface area contributed by atoms with Crippen LogP contribution in [0.15, 0.2) is 29.6 Å². The van der Waals surface area contributed by atoms with Gasteiger partial charge in [-0.2, -0.15) is 70.2 Å². The molecule has 0 saturated heterocycles. The third-order valence-corrected chi connectivity index (χ3v) is 6.91. The van der Waals surface area contributed by atoms with E-state index in [-0.39, 0.29) is 22.5 Å². The van der Waals surface area contributed by atoms with Gasteiger partial charge in [0.25, 0.3) is 0 Å². The molecular formula is C22H12ClF16NO3S. The third-order valence-electron chi connectivity index (χ3n) is 5.78. The molecule has 1 heterocycles. The molecule has 0 atom stereocenters. The number of carbonyl (C=O) groups is 2. The van der Waals surface area contributed by atoms with E-state index in [4.69, 9.17) is 0 Å². The molecule has 2 rings (SSSR count). The molecular weight excluding hydrogens is 698 g/mol. The van der Waals surface area contributed by atoms with Gasteiger partial charge in [-0.1, -0.05) is 29.8 Å². The number of anilines is 1. The zero-order valence-corrected chi connectivity index (χ0v) is 22.5. The zero-order chi connectivity index (χ0) is 34.7. The Bertz CT molecular complexity index is 1400. The van der Waals surface area contributed by atoms with Crippen LogP contribution < -0.4 is 5.32 Å². The van der Waals surface area contributed by atoms with E-state index >= 15 is 0 Å². The van der Waals surface area contributed by atoms with Crippen LogP contribution in [0.1, 0.15) is 15.9 Å². The number of methoxy groups -OCH3 is 1. The molecule has 4 nitrogen and oxygen atoms in total. The van der Waals surface area contributed by atoms with E-state index in [0.29, 0.717) is 12.7 Å². The lowest BCUT2D eigenvalue weighted by Gasteiger charge is -2.42. The van der Waals surface area contributed by atoms with Crippen molar-refractivity contribution >= 4 is 39.8 Å². The fourth-order valence-corrected chi connectivity index (χ4v) is 4.26. The molecule has 0 saturated carbocycles. The number of esters is 1. The first-order valence-electron chi connectivity index (χ1n) is 10.8. The topological polar surface area (TPSA) is 55.4 Å². The number of hydrogen-bond acceptors (Lipinski definition) is 4. The van der Waals surface area contributed by atoms with E-state index in [9.17, 15) is 79.8 Å². The van der Waals surface area contributed by atoms with Crippen LogP contribution in [0.25, 0.3) is 11.1 Å².